The first-order chi connectivity index (χ1) is 9.08. The third kappa shape index (κ3) is 4.35. The highest BCUT2D eigenvalue weighted by Gasteiger charge is 2.29. The lowest BCUT2D eigenvalue weighted by Crippen LogP contribution is -2.34. The zero-order chi connectivity index (χ0) is 13.8. The summed E-state index contributed by atoms with van der Waals surface area (Å²) < 4.78 is 0. The smallest absolute Gasteiger partial charge is 0.238 e. The molecule has 1 aliphatic rings. The predicted octanol–water partition coefficient (Wildman–Crippen LogP) is 2.29. The molecule has 1 saturated carbocycles. The maximum Gasteiger partial charge on any atom is 0.238 e. The number of aliphatic hydroxyl groups excluding tert-OH is 1. The van der Waals surface area contributed by atoms with Crippen LogP contribution < -0.4 is 10.6 Å². The van der Waals surface area contributed by atoms with Crippen LogP contribution in [-0.2, 0) is 4.79 Å². The molecule has 1 aromatic rings. The maximum atomic E-state index is 11.7. The summed E-state index contributed by atoms with van der Waals surface area (Å²) in [6.45, 7) is 0.541. The van der Waals surface area contributed by atoms with Crippen LogP contribution in [0.3, 0.4) is 0 Å². The fourth-order valence-corrected chi connectivity index (χ4v) is 2.27. The van der Waals surface area contributed by atoms with E-state index in [0.717, 1.165) is 12.8 Å². The molecule has 0 radical (unpaired) electrons. The van der Waals surface area contributed by atoms with Gasteiger partial charge in [-0.05, 0) is 30.9 Å². The summed E-state index contributed by atoms with van der Waals surface area (Å²) in [4.78, 5) is 11.7. The van der Waals surface area contributed by atoms with Gasteiger partial charge in [0.05, 0.1) is 28.4 Å². The second-order valence-corrected chi connectivity index (χ2v) is 5.49. The van der Waals surface area contributed by atoms with E-state index in [4.69, 9.17) is 23.2 Å². The van der Waals surface area contributed by atoms with Crippen molar-refractivity contribution >= 4 is 34.8 Å². The third-order valence-electron chi connectivity index (χ3n) is 3.03. The molecule has 0 heterocycles. The molecule has 3 N–H and O–H groups in total. The average molecular weight is 303 g/mol. The van der Waals surface area contributed by atoms with Crippen LogP contribution in [0.4, 0.5) is 5.69 Å². The largest absolute Gasteiger partial charge is 0.392 e. The van der Waals surface area contributed by atoms with Gasteiger partial charge in [-0.15, -0.1) is 0 Å². The van der Waals surface area contributed by atoms with Crippen molar-refractivity contribution in [3.63, 3.8) is 0 Å². The number of carbonyl (C=O) groups is 1. The zero-order valence-corrected chi connectivity index (χ0v) is 11.8. The van der Waals surface area contributed by atoms with E-state index in [0.29, 0.717) is 28.2 Å². The molecule has 4 nitrogen and oxygen atoms in total. The van der Waals surface area contributed by atoms with Gasteiger partial charge in [-0.25, -0.2) is 0 Å². The highest BCUT2D eigenvalue weighted by Crippen LogP contribution is 2.32. The molecule has 2 rings (SSSR count). The van der Waals surface area contributed by atoms with Gasteiger partial charge >= 0.3 is 0 Å². The molecular weight excluding hydrogens is 287 g/mol. The predicted molar refractivity (Wildman–Crippen MR) is 76.7 cm³/mol. The van der Waals surface area contributed by atoms with E-state index >= 15 is 0 Å². The minimum atomic E-state index is -0.364. The number of halogens is 2. The second kappa shape index (κ2) is 6.57. The standard InChI is InChI=1S/C13H16Cl2N2O2/c14-9-2-1-3-10(15)13(9)17-12(19)7-16-6-11(18)8-4-5-8/h1-3,8,11,16,18H,4-7H2,(H,17,19). The van der Waals surface area contributed by atoms with E-state index < -0.39 is 0 Å². The van der Waals surface area contributed by atoms with Gasteiger partial charge < -0.3 is 15.7 Å². The average Bonchev–Trinajstić information content (AvgIpc) is 3.18. The van der Waals surface area contributed by atoms with E-state index in [9.17, 15) is 9.90 Å². The molecule has 1 unspecified atom stereocenters. The van der Waals surface area contributed by atoms with Gasteiger partial charge in [0.15, 0.2) is 0 Å². The van der Waals surface area contributed by atoms with Crippen LogP contribution in [0.2, 0.25) is 10.0 Å². The Bertz CT molecular complexity index is 444. The lowest BCUT2D eigenvalue weighted by Gasteiger charge is -2.12. The molecule has 104 valence electrons. The molecule has 1 aliphatic carbocycles. The Hall–Kier alpha value is -0.810. The van der Waals surface area contributed by atoms with Gasteiger partial charge in [-0.3, -0.25) is 4.79 Å². The van der Waals surface area contributed by atoms with Gasteiger partial charge in [0.25, 0.3) is 0 Å². The number of carbonyl (C=O) groups excluding carboxylic acids is 1. The first kappa shape index (κ1) is 14.6. The summed E-state index contributed by atoms with van der Waals surface area (Å²) in [5.41, 5.74) is 0.417. The van der Waals surface area contributed by atoms with E-state index in [-0.39, 0.29) is 18.6 Å². The van der Waals surface area contributed by atoms with Crippen LogP contribution in [0.25, 0.3) is 0 Å². The molecule has 0 aliphatic heterocycles. The first-order valence-corrected chi connectivity index (χ1v) is 6.96. The number of hydrogen-bond donors (Lipinski definition) is 3. The first-order valence-electron chi connectivity index (χ1n) is 6.20. The van der Waals surface area contributed by atoms with Crippen LogP contribution in [0.5, 0.6) is 0 Å². The molecule has 19 heavy (non-hydrogen) atoms. The minimum Gasteiger partial charge on any atom is -0.392 e. The van der Waals surface area contributed by atoms with Crippen LogP contribution in [-0.4, -0.2) is 30.2 Å². The maximum absolute atomic E-state index is 11.7. The van der Waals surface area contributed by atoms with Crippen LogP contribution in [0.15, 0.2) is 18.2 Å². The van der Waals surface area contributed by atoms with Crippen LogP contribution >= 0.6 is 23.2 Å². The van der Waals surface area contributed by atoms with Crippen molar-refractivity contribution in [2.75, 3.05) is 18.4 Å². The lowest BCUT2D eigenvalue weighted by atomic mass is 10.2. The molecule has 6 heteroatoms. The number of anilines is 1. The van der Waals surface area contributed by atoms with E-state index in [1.807, 2.05) is 0 Å². The zero-order valence-electron chi connectivity index (χ0n) is 10.3. The highest BCUT2D eigenvalue weighted by atomic mass is 35.5. The molecule has 1 amide bonds. The van der Waals surface area contributed by atoms with Crippen LogP contribution in [0.1, 0.15) is 12.8 Å². The molecule has 1 fully saturated rings. The van der Waals surface area contributed by atoms with Gasteiger partial charge in [-0.2, -0.15) is 0 Å². The Balaban J connectivity index is 1.77. The molecule has 0 spiro atoms. The molecule has 1 atom stereocenters. The topological polar surface area (TPSA) is 61.4 Å². The summed E-state index contributed by atoms with van der Waals surface area (Å²) in [6.07, 6.45) is 1.78. The number of benzene rings is 1. The monoisotopic (exact) mass is 302 g/mol. The van der Waals surface area contributed by atoms with Crippen molar-refractivity contribution in [3.8, 4) is 0 Å². The quantitative estimate of drug-likeness (QED) is 0.755. The summed E-state index contributed by atoms with van der Waals surface area (Å²) in [6, 6.07) is 5.03. The number of hydrogen-bond acceptors (Lipinski definition) is 3. The summed E-state index contributed by atoms with van der Waals surface area (Å²) in [5, 5.41) is 16.0. The van der Waals surface area contributed by atoms with Crippen molar-refractivity contribution < 1.29 is 9.90 Å². The van der Waals surface area contributed by atoms with Crippen molar-refractivity contribution in [3.05, 3.63) is 28.2 Å². The lowest BCUT2D eigenvalue weighted by molar-refractivity contribution is -0.115. The summed E-state index contributed by atoms with van der Waals surface area (Å²) >= 11 is 11.9. The van der Waals surface area contributed by atoms with Gasteiger partial charge in [0.2, 0.25) is 5.91 Å². The Morgan fingerprint density at radius 1 is 1.37 bits per heavy atom. The van der Waals surface area contributed by atoms with Gasteiger partial charge in [0.1, 0.15) is 0 Å². The minimum absolute atomic E-state index is 0.116. The van der Waals surface area contributed by atoms with E-state index in [1.54, 1.807) is 18.2 Å². The summed E-state index contributed by atoms with van der Waals surface area (Å²) in [7, 11) is 0. The third-order valence-corrected chi connectivity index (χ3v) is 3.66. The van der Waals surface area contributed by atoms with Crippen LogP contribution in [0, 0.1) is 5.92 Å². The Morgan fingerprint density at radius 2 is 2.00 bits per heavy atom. The van der Waals surface area contributed by atoms with E-state index in [1.165, 1.54) is 0 Å². The molecule has 0 saturated heterocycles. The summed E-state index contributed by atoms with van der Waals surface area (Å²) in [5.74, 6) is 0.159. The Kier molecular flexibility index (Phi) is 5.05. The molecular formula is C13H16Cl2N2O2. The van der Waals surface area contributed by atoms with Crippen molar-refractivity contribution in [1.29, 1.82) is 0 Å². The Morgan fingerprint density at radius 3 is 2.58 bits per heavy atom. The second-order valence-electron chi connectivity index (χ2n) is 4.68. The van der Waals surface area contributed by atoms with Gasteiger partial charge in [0, 0.05) is 6.54 Å². The number of nitrogens with one attached hydrogen (secondary N) is 2. The fraction of sp³-hybridized carbons (Fsp3) is 0.462. The van der Waals surface area contributed by atoms with Gasteiger partial charge in [-0.1, -0.05) is 29.3 Å². The van der Waals surface area contributed by atoms with E-state index in [2.05, 4.69) is 10.6 Å². The number of para-hydroxylation sites is 1. The molecule has 0 bridgehead atoms. The fourth-order valence-electron chi connectivity index (χ4n) is 1.78. The van der Waals surface area contributed by atoms with Crippen molar-refractivity contribution in [1.82, 2.24) is 5.32 Å². The number of rotatable bonds is 6. The number of aliphatic hydroxyl groups is 1. The highest BCUT2D eigenvalue weighted by molar-refractivity contribution is 6.39. The van der Waals surface area contributed by atoms with Crippen molar-refractivity contribution in [2.45, 2.75) is 18.9 Å². The SMILES string of the molecule is O=C(CNCC(O)C1CC1)Nc1c(Cl)cccc1Cl. The molecule has 1 aromatic carbocycles. The molecule has 0 aromatic heterocycles. The normalized spacial score (nSPS) is 16.2. The number of amides is 1. The van der Waals surface area contributed by atoms with Crippen molar-refractivity contribution in [2.24, 2.45) is 5.92 Å². The Labute approximate surface area is 122 Å².